The third-order valence-electron chi connectivity index (χ3n) is 7.26. The monoisotopic (exact) mass is 523 g/mol. The molecule has 1 fully saturated rings. The molecule has 0 saturated carbocycles. The maximum atomic E-state index is 9.49. The van der Waals surface area contributed by atoms with Crippen molar-refractivity contribution >= 4 is 0 Å². The van der Waals surface area contributed by atoms with Crippen molar-refractivity contribution in [1.82, 2.24) is 9.88 Å². The van der Waals surface area contributed by atoms with E-state index in [0.717, 1.165) is 65.0 Å². The van der Waals surface area contributed by atoms with Gasteiger partial charge in [-0.15, -0.1) is 0 Å². The van der Waals surface area contributed by atoms with E-state index in [1.807, 2.05) is 42.6 Å². The Kier molecular flexibility index (Phi) is 9.14. The van der Waals surface area contributed by atoms with Crippen molar-refractivity contribution in [2.75, 3.05) is 20.1 Å². The van der Waals surface area contributed by atoms with Gasteiger partial charge in [-0.2, -0.15) is 0 Å². The number of ether oxygens (including phenoxy) is 2. The number of hydrogen-bond acceptors (Lipinski definition) is 6. The normalized spacial score (nSPS) is 19.3. The number of rotatable bonds is 10. The summed E-state index contributed by atoms with van der Waals surface area (Å²) in [4.78, 5) is 6.76. The highest BCUT2D eigenvalue weighted by molar-refractivity contribution is 5.65. The lowest BCUT2D eigenvalue weighted by Crippen LogP contribution is -2.38. The first-order chi connectivity index (χ1) is 19.1. The summed E-state index contributed by atoms with van der Waals surface area (Å²) in [7, 11) is 2.13. The number of hydrogen-bond donors (Lipinski definition) is 2. The van der Waals surface area contributed by atoms with Crippen LogP contribution in [0.15, 0.2) is 97.2 Å². The van der Waals surface area contributed by atoms with Gasteiger partial charge in [0.1, 0.15) is 0 Å². The highest BCUT2D eigenvalue weighted by Crippen LogP contribution is 2.39. The van der Waals surface area contributed by atoms with Crippen LogP contribution in [0.4, 0.5) is 0 Å². The van der Waals surface area contributed by atoms with Crippen LogP contribution >= 0.6 is 0 Å². The molecule has 0 bridgehead atoms. The largest absolute Gasteiger partial charge is 0.392 e. The zero-order valence-corrected chi connectivity index (χ0v) is 22.4. The highest BCUT2D eigenvalue weighted by Gasteiger charge is 2.33. The molecule has 1 aliphatic rings. The van der Waals surface area contributed by atoms with Crippen LogP contribution in [0.25, 0.3) is 11.1 Å². The van der Waals surface area contributed by atoms with Crippen LogP contribution < -0.4 is 5.73 Å². The molecule has 3 atom stereocenters. The van der Waals surface area contributed by atoms with Crippen molar-refractivity contribution in [3.63, 3.8) is 0 Å². The topological polar surface area (TPSA) is 80.8 Å². The Morgan fingerprint density at radius 1 is 0.872 bits per heavy atom. The molecule has 0 radical (unpaired) electrons. The molecule has 3 aromatic carbocycles. The first kappa shape index (κ1) is 27.2. The van der Waals surface area contributed by atoms with Crippen LogP contribution in [0, 0.1) is 0 Å². The number of aliphatic hydroxyl groups excluding tert-OH is 1. The molecule has 6 nitrogen and oxygen atoms in total. The Morgan fingerprint density at radius 3 is 2.41 bits per heavy atom. The van der Waals surface area contributed by atoms with Crippen molar-refractivity contribution in [2.45, 2.75) is 44.5 Å². The standard InChI is InChI=1S/C33H37N3O3/c1-36(17-15-30-10-2-3-16-35-30)22-31-20-32(26-13-11-24(23-37)12-14-26)39-33(38-31)29-9-5-8-28(19-29)27-7-4-6-25(18-27)21-34/h2-14,16,18-19,31-33,37H,15,17,20-23,34H2,1H3. The van der Waals surface area contributed by atoms with Crippen LogP contribution in [0.5, 0.6) is 0 Å². The fraction of sp³-hybridized carbons (Fsp3) is 0.303. The maximum absolute atomic E-state index is 9.49. The van der Waals surface area contributed by atoms with Gasteiger partial charge in [-0.3, -0.25) is 4.98 Å². The van der Waals surface area contributed by atoms with Crippen molar-refractivity contribution in [3.8, 4) is 11.1 Å². The zero-order chi connectivity index (χ0) is 27.0. The van der Waals surface area contributed by atoms with E-state index in [-0.39, 0.29) is 18.8 Å². The highest BCUT2D eigenvalue weighted by atomic mass is 16.7. The average molecular weight is 524 g/mol. The van der Waals surface area contributed by atoms with Gasteiger partial charge in [-0.25, -0.2) is 0 Å². The number of aromatic nitrogens is 1. The van der Waals surface area contributed by atoms with Crippen LogP contribution in [-0.4, -0.2) is 41.2 Å². The molecule has 0 spiro atoms. The lowest BCUT2D eigenvalue weighted by molar-refractivity contribution is -0.252. The predicted molar refractivity (Wildman–Crippen MR) is 154 cm³/mol. The number of benzene rings is 3. The quantitative estimate of drug-likeness (QED) is 0.289. The Bertz CT molecular complexity index is 1330. The van der Waals surface area contributed by atoms with Crippen LogP contribution in [-0.2, 0) is 29.0 Å². The summed E-state index contributed by atoms with van der Waals surface area (Å²) < 4.78 is 13.2. The fourth-order valence-electron chi connectivity index (χ4n) is 5.07. The Labute approximate surface area is 231 Å². The molecular formula is C33H37N3O3. The molecule has 202 valence electrons. The second-order valence-electron chi connectivity index (χ2n) is 10.2. The molecule has 1 aliphatic heterocycles. The molecule has 3 N–H and O–H groups in total. The number of nitrogens with zero attached hydrogens (tertiary/aromatic N) is 2. The molecule has 1 saturated heterocycles. The molecule has 0 aliphatic carbocycles. The van der Waals surface area contributed by atoms with E-state index in [2.05, 4.69) is 71.5 Å². The second-order valence-corrected chi connectivity index (χ2v) is 10.2. The number of pyridine rings is 1. The summed E-state index contributed by atoms with van der Waals surface area (Å²) in [6.45, 7) is 2.22. The van der Waals surface area contributed by atoms with Gasteiger partial charge in [-0.1, -0.05) is 66.7 Å². The van der Waals surface area contributed by atoms with Crippen LogP contribution in [0.2, 0.25) is 0 Å². The van der Waals surface area contributed by atoms with Gasteiger partial charge in [-0.05, 0) is 59.1 Å². The number of nitrogens with two attached hydrogens (primary N) is 1. The van der Waals surface area contributed by atoms with E-state index >= 15 is 0 Å². The van der Waals surface area contributed by atoms with Crippen molar-refractivity contribution in [1.29, 1.82) is 0 Å². The van der Waals surface area contributed by atoms with E-state index in [1.54, 1.807) is 0 Å². The van der Waals surface area contributed by atoms with Crippen molar-refractivity contribution in [3.05, 3.63) is 125 Å². The Morgan fingerprint density at radius 2 is 1.67 bits per heavy atom. The van der Waals surface area contributed by atoms with Gasteiger partial charge in [0.15, 0.2) is 6.29 Å². The van der Waals surface area contributed by atoms with Gasteiger partial charge in [0, 0.05) is 49.9 Å². The molecule has 2 heterocycles. The van der Waals surface area contributed by atoms with E-state index in [0.29, 0.717) is 6.54 Å². The molecule has 5 rings (SSSR count). The lowest BCUT2D eigenvalue weighted by Gasteiger charge is -2.38. The van der Waals surface area contributed by atoms with Crippen molar-refractivity contribution < 1.29 is 14.6 Å². The Balaban J connectivity index is 1.35. The van der Waals surface area contributed by atoms with E-state index in [1.165, 1.54) is 0 Å². The van der Waals surface area contributed by atoms with Gasteiger partial charge in [0.25, 0.3) is 0 Å². The number of likely N-dealkylation sites (N-methyl/N-ethyl adjacent to an activating group) is 1. The summed E-state index contributed by atoms with van der Waals surface area (Å²) in [5.41, 5.74) is 13.3. The maximum Gasteiger partial charge on any atom is 0.184 e. The summed E-state index contributed by atoms with van der Waals surface area (Å²) in [5.74, 6) is 0. The van der Waals surface area contributed by atoms with E-state index < -0.39 is 6.29 Å². The summed E-state index contributed by atoms with van der Waals surface area (Å²) in [6, 6.07) is 30.8. The van der Waals surface area contributed by atoms with Crippen molar-refractivity contribution in [2.24, 2.45) is 5.73 Å². The molecule has 4 aromatic rings. The van der Waals surface area contributed by atoms with Gasteiger partial charge in [0.05, 0.1) is 18.8 Å². The minimum atomic E-state index is -0.493. The molecule has 1 aromatic heterocycles. The third kappa shape index (κ3) is 7.18. The van der Waals surface area contributed by atoms with Gasteiger partial charge < -0.3 is 25.2 Å². The lowest BCUT2D eigenvalue weighted by atomic mass is 9.98. The molecular weight excluding hydrogens is 486 g/mol. The smallest absolute Gasteiger partial charge is 0.184 e. The minimum Gasteiger partial charge on any atom is -0.392 e. The molecule has 3 unspecified atom stereocenters. The summed E-state index contributed by atoms with van der Waals surface area (Å²) in [5, 5.41) is 9.49. The third-order valence-corrected chi connectivity index (χ3v) is 7.26. The molecule has 6 heteroatoms. The average Bonchev–Trinajstić information content (AvgIpc) is 3.00. The summed E-state index contributed by atoms with van der Waals surface area (Å²) in [6.07, 6.45) is 2.86. The van der Waals surface area contributed by atoms with Crippen LogP contribution in [0.3, 0.4) is 0 Å². The molecule has 39 heavy (non-hydrogen) atoms. The zero-order valence-electron chi connectivity index (χ0n) is 22.4. The summed E-state index contributed by atoms with van der Waals surface area (Å²) >= 11 is 0. The SMILES string of the molecule is CN(CCc1ccccn1)CC1CC(c2ccc(CO)cc2)OC(c2cccc(-c3cccc(CN)c3)c2)O1. The van der Waals surface area contributed by atoms with Gasteiger partial charge in [0.2, 0.25) is 0 Å². The van der Waals surface area contributed by atoms with E-state index in [9.17, 15) is 5.11 Å². The number of aliphatic hydroxyl groups is 1. The fourth-order valence-corrected chi connectivity index (χ4v) is 5.07. The Hall–Kier alpha value is -3.39. The first-order valence-electron chi connectivity index (χ1n) is 13.6. The first-order valence-corrected chi connectivity index (χ1v) is 13.6. The van der Waals surface area contributed by atoms with Gasteiger partial charge >= 0.3 is 0 Å². The molecule has 0 amide bonds. The second kappa shape index (κ2) is 13.1. The minimum absolute atomic E-state index is 0.00998. The van der Waals surface area contributed by atoms with Crippen LogP contribution in [0.1, 0.15) is 46.8 Å². The van der Waals surface area contributed by atoms with E-state index in [4.69, 9.17) is 15.2 Å². The predicted octanol–water partition coefficient (Wildman–Crippen LogP) is 5.42.